The molecule has 4 nitrogen and oxygen atoms in total. The van der Waals surface area contributed by atoms with Crippen molar-refractivity contribution in [3.8, 4) is 0 Å². The van der Waals surface area contributed by atoms with Crippen molar-refractivity contribution in [1.82, 2.24) is 0 Å². The molecule has 0 aromatic heterocycles. The minimum atomic E-state index is -0.485. The number of hydrogen-bond acceptors (Lipinski definition) is 4. The van der Waals surface area contributed by atoms with Gasteiger partial charge in [-0.25, -0.2) is 9.59 Å². The maximum atomic E-state index is 13.2. The maximum Gasteiger partial charge on any atom is 0.339 e. The summed E-state index contributed by atoms with van der Waals surface area (Å²) in [6.07, 6.45) is 5.10. The van der Waals surface area contributed by atoms with E-state index in [1.54, 1.807) is 0 Å². The molecule has 0 aliphatic heterocycles. The standard InChI is InChI=1S/C34H34O4/c1-5-7-13-27-29-19-25-17-23-15-21-11-9-10-12-22(21)16-24(23)18-26(25)20-30(29)28(14-8-6-2)32(34(36)38-4)31(27)33(35)37-3/h9-12,15-20H,5-8,13-14H2,1-4H3. The van der Waals surface area contributed by atoms with Crippen molar-refractivity contribution in [2.45, 2.75) is 52.4 Å². The first-order chi connectivity index (χ1) is 18.5. The third-order valence-electron chi connectivity index (χ3n) is 7.64. The molecule has 0 saturated carbocycles. The van der Waals surface area contributed by atoms with E-state index in [4.69, 9.17) is 9.47 Å². The minimum Gasteiger partial charge on any atom is -0.465 e. The van der Waals surface area contributed by atoms with Gasteiger partial charge < -0.3 is 9.47 Å². The first-order valence-corrected chi connectivity index (χ1v) is 13.5. The molecule has 5 rings (SSSR count). The van der Waals surface area contributed by atoms with Crippen molar-refractivity contribution >= 4 is 55.0 Å². The van der Waals surface area contributed by atoms with Gasteiger partial charge in [0.05, 0.1) is 25.3 Å². The second kappa shape index (κ2) is 10.8. The van der Waals surface area contributed by atoms with Crippen LogP contribution in [0.25, 0.3) is 43.1 Å². The van der Waals surface area contributed by atoms with Crippen LogP contribution < -0.4 is 0 Å². The van der Waals surface area contributed by atoms with Gasteiger partial charge in [-0.15, -0.1) is 0 Å². The molecule has 0 radical (unpaired) electrons. The Morgan fingerprint density at radius 3 is 1.32 bits per heavy atom. The van der Waals surface area contributed by atoms with Crippen molar-refractivity contribution in [2.75, 3.05) is 14.2 Å². The van der Waals surface area contributed by atoms with E-state index in [9.17, 15) is 9.59 Å². The minimum absolute atomic E-state index is 0.359. The maximum absolute atomic E-state index is 13.2. The van der Waals surface area contributed by atoms with Gasteiger partial charge in [-0.1, -0.05) is 51.0 Å². The highest BCUT2D eigenvalue weighted by Crippen LogP contribution is 2.38. The van der Waals surface area contributed by atoms with Crippen LogP contribution in [0.3, 0.4) is 0 Å². The number of methoxy groups -OCH3 is 2. The van der Waals surface area contributed by atoms with E-state index < -0.39 is 11.9 Å². The van der Waals surface area contributed by atoms with Crippen LogP contribution in [0, 0.1) is 0 Å². The van der Waals surface area contributed by atoms with Gasteiger partial charge >= 0.3 is 11.9 Å². The second-order valence-corrected chi connectivity index (χ2v) is 10.0. The molecule has 5 aromatic carbocycles. The Morgan fingerprint density at radius 1 is 0.579 bits per heavy atom. The van der Waals surface area contributed by atoms with Gasteiger partial charge in [-0.05, 0) is 116 Å². The quantitative estimate of drug-likeness (QED) is 0.156. The van der Waals surface area contributed by atoms with Crippen LogP contribution in [0.4, 0.5) is 0 Å². The monoisotopic (exact) mass is 506 g/mol. The highest BCUT2D eigenvalue weighted by atomic mass is 16.5. The van der Waals surface area contributed by atoms with Crippen molar-refractivity contribution < 1.29 is 19.1 Å². The predicted molar refractivity (Wildman–Crippen MR) is 156 cm³/mol. The van der Waals surface area contributed by atoms with Gasteiger partial charge in [-0.3, -0.25) is 0 Å². The number of rotatable bonds is 8. The Kier molecular flexibility index (Phi) is 7.33. The molecule has 0 N–H and O–H groups in total. The summed E-state index contributed by atoms with van der Waals surface area (Å²) in [4.78, 5) is 26.5. The van der Waals surface area contributed by atoms with E-state index in [0.717, 1.165) is 58.4 Å². The lowest BCUT2D eigenvalue weighted by molar-refractivity contribution is 0.0553. The highest BCUT2D eigenvalue weighted by molar-refractivity contribution is 6.15. The van der Waals surface area contributed by atoms with E-state index in [1.807, 2.05) is 0 Å². The number of carbonyl (C=O) groups is 2. The van der Waals surface area contributed by atoms with E-state index >= 15 is 0 Å². The van der Waals surface area contributed by atoms with E-state index in [1.165, 1.54) is 35.8 Å². The lowest BCUT2D eigenvalue weighted by Crippen LogP contribution is -2.18. The third-order valence-corrected chi connectivity index (χ3v) is 7.64. The zero-order valence-corrected chi connectivity index (χ0v) is 22.6. The largest absolute Gasteiger partial charge is 0.465 e. The molecule has 0 fully saturated rings. The van der Waals surface area contributed by atoms with Crippen molar-refractivity contribution in [2.24, 2.45) is 0 Å². The topological polar surface area (TPSA) is 52.6 Å². The van der Waals surface area contributed by atoms with E-state index in [0.29, 0.717) is 24.0 Å². The Bertz CT molecular complexity index is 1570. The van der Waals surface area contributed by atoms with Crippen LogP contribution in [0.5, 0.6) is 0 Å². The summed E-state index contributed by atoms with van der Waals surface area (Å²) in [6, 6.07) is 21.7. The number of ether oxygens (including phenoxy) is 2. The molecular formula is C34H34O4. The number of esters is 2. The van der Waals surface area contributed by atoms with Crippen LogP contribution in [-0.2, 0) is 22.3 Å². The lowest BCUT2D eigenvalue weighted by atomic mass is 9.83. The molecule has 5 aromatic rings. The van der Waals surface area contributed by atoms with Gasteiger partial charge in [-0.2, -0.15) is 0 Å². The fourth-order valence-electron chi connectivity index (χ4n) is 5.70. The molecule has 0 saturated heterocycles. The first-order valence-electron chi connectivity index (χ1n) is 13.5. The second-order valence-electron chi connectivity index (χ2n) is 10.0. The van der Waals surface area contributed by atoms with Crippen LogP contribution in [0.1, 0.15) is 71.4 Å². The summed E-state index contributed by atoms with van der Waals surface area (Å²) >= 11 is 0. The number of unbranched alkanes of at least 4 members (excludes halogenated alkanes) is 2. The Labute approximate surface area is 223 Å². The van der Waals surface area contributed by atoms with Gasteiger partial charge in [0.15, 0.2) is 0 Å². The summed E-state index contributed by atoms with van der Waals surface area (Å²) in [6.45, 7) is 4.26. The zero-order chi connectivity index (χ0) is 26.8. The molecule has 0 unspecified atom stereocenters. The number of fused-ring (bicyclic) bond motifs is 4. The molecule has 0 atom stereocenters. The molecule has 0 bridgehead atoms. The average Bonchev–Trinajstić information content (AvgIpc) is 2.94. The van der Waals surface area contributed by atoms with Gasteiger partial charge in [0, 0.05) is 0 Å². The Morgan fingerprint density at radius 2 is 0.947 bits per heavy atom. The number of carbonyl (C=O) groups excluding carboxylic acids is 2. The van der Waals surface area contributed by atoms with Crippen molar-refractivity contribution in [3.63, 3.8) is 0 Å². The summed E-state index contributed by atoms with van der Waals surface area (Å²) in [5.74, 6) is -0.970. The molecule has 0 aliphatic carbocycles. The molecule has 0 heterocycles. The Hall–Kier alpha value is -3.92. The molecule has 0 aliphatic rings. The number of aryl methyl sites for hydroxylation is 2. The zero-order valence-electron chi connectivity index (χ0n) is 22.6. The Balaban J connectivity index is 1.92. The van der Waals surface area contributed by atoms with E-state index in [-0.39, 0.29) is 0 Å². The molecular weight excluding hydrogens is 472 g/mol. The smallest absolute Gasteiger partial charge is 0.339 e. The highest BCUT2D eigenvalue weighted by Gasteiger charge is 2.29. The SMILES string of the molecule is CCCCc1c(C(=O)OC)c(C(=O)OC)c(CCCC)c2cc3cc4cc5ccccc5cc4cc3cc12. The van der Waals surface area contributed by atoms with Gasteiger partial charge in [0.25, 0.3) is 0 Å². The van der Waals surface area contributed by atoms with Crippen LogP contribution in [0.2, 0.25) is 0 Å². The summed E-state index contributed by atoms with van der Waals surface area (Å²) in [5.41, 5.74) is 2.46. The summed E-state index contributed by atoms with van der Waals surface area (Å²) in [7, 11) is 2.75. The fraction of sp³-hybridized carbons (Fsp3) is 0.294. The molecule has 4 heteroatoms. The average molecular weight is 507 g/mol. The van der Waals surface area contributed by atoms with Crippen molar-refractivity contribution in [3.05, 3.63) is 82.9 Å². The molecule has 38 heavy (non-hydrogen) atoms. The fourth-order valence-corrected chi connectivity index (χ4v) is 5.70. The van der Waals surface area contributed by atoms with Crippen molar-refractivity contribution in [1.29, 1.82) is 0 Å². The van der Waals surface area contributed by atoms with E-state index in [2.05, 4.69) is 74.5 Å². The predicted octanol–water partition coefficient (Wildman–Crippen LogP) is 8.56. The molecule has 194 valence electrons. The van der Waals surface area contributed by atoms with Gasteiger partial charge in [0.2, 0.25) is 0 Å². The third kappa shape index (κ3) is 4.49. The molecule has 0 spiro atoms. The summed E-state index contributed by atoms with van der Waals surface area (Å²) in [5, 5.41) is 9.04. The first kappa shape index (κ1) is 25.7. The summed E-state index contributed by atoms with van der Waals surface area (Å²) < 4.78 is 10.5. The van der Waals surface area contributed by atoms with Crippen LogP contribution in [0.15, 0.2) is 60.7 Å². The van der Waals surface area contributed by atoms with Crippen LogP contribution >= 0.6 is 0 Å². The normalized spacial score (nSPS) is 11.5. The van der Waals surface area contributed by atoms with Gasteiger partial charge in [0.1, 0.15) is 0 Å². The number of hydrogen-bond donors (Lipinski definition) is 0. The lowest BCUT2D eigenvalue weighted by Gasteiger charge is -2.21. The number of benzene rings is 5. The molecule has 0 amide bonds. The van der Waals surface area contributed by atoms with Crippen LogP contribution in [-0.4, -0.2) is 26.2 Å².